The lowest BCUT2D eigenvalue weighted by Gasteiger charge is -2.20. The molecule has 0 saturated heterocycles. The molecule has 0 spiro atoms. The Hall–Kier alpha value is -1.94. The SMILES string of the molecule is CCOCCc1ccccc1C(CCOCC)C(=C=O)C(N)=O. The average molecular weight is 319 g/mol. The first kappa shape index (κ1) is 19.1. The number of benzene rings is 1. The number of carbonyl (C=O) groups is 1. The molecule has 0 aliphatic carbocycles. The second-order valence-corrected chi connectivity index (χ2v) is 5.06. The first-order chi connectivity index (χ1) is 11.2. The van der Waals surface area contributed by atoms with Gasteiger partial charge in [0, 0.05) is 25.7 Å². The number of hydrogen-bond acceptors (Lipinski definition) is 4. The lowest BCUT2D eigenvalue weighted by molar-refractivity contribution is -0.114. The second kappa shape index (κ2) is 10.7. The molecule has 1 amide bonds. The number of ether oxygens (including phenoxy) is 2. The van der Waals surface area contributed by atoms with Gasteiger partial charge in [0.1, 0.15) is 11.5 Å². The van der Waals surface area contributed by atoms with E-state index in [1.54, 1.807) is 5.94 Å². The zero-order valence-electron chi connectivity index (χ0n) is 13.8. The molecule has 0 aromatic heterocycles. The van der Waals surface area contributed by atoms with Gasteiger partial charge in [-0.25, -0.2) is 4.79 Å². The Morgan fingerprint density at radius 3 is 2.43 bits per heavy atom. The van der Waals surface area contributed by atoms with Crippen LogP contribution in [0.3, 0.4) is 0 Å². The van der Waals surface area contributed by atoms with Crippen molar-refractivity contribution in [3.8, 4) is 0 Å². The van der Waals surface area contributed by atoms with Gasteiger partial charge in [0.25, 0.3) is 5.91 Å². The Labute approximate surface area is 137 Å². The van der Waals surface area contributed by atoms with E-state index in [4.69, 9.17) is 15.2 Å². The van der Waals surface area contributed by atoms with E-state index in [1.807, 2.05) is 38.1 Å². The van der Waals surface area contributed by atoms with Crippen molar-refractivity contribution in [1.82, 2.24) is 0 Å². The topological polar surface area (TPSA) is 78.6 Å². The molecule has 23 heavy (non-hydrogen) atoms. The summed E-state index contributed by atoms with van der Waals surface area (Å²) in [6, 6.07) is 7.71. The highest BCUT2D eigenvalue weighted by atomic mass is 16.5. The van der Waals surface area contributed by atoms with E-state index in [2.05, 4.69) is 0 Å². The van der Waals surface area contributed by atoms with Crippen LogP contribution in [-0.4, -0.2) is 38.3 Å². The van der Waals surface area contributed by atoms with Crippen LogP contribution in [0.15, 0.2) is 29.8 Å². The van der Waals surface area contributed by atoms with Crippen LogP contribution in [0.1, 0.15) is 37.3 Å². The van der Waals surface area contributed by atoms with E-state index in [0.29, 0.717) is 39.3 Å². The third kappa shape index (κ3) is 5.99. The largest absolute Gasteiger partial charge is 0.382 e. The van der Waals surface area contributed by atoms with Crippen molar-refractivity contribution in [2.75, 3.05) is 26.4 Å². The Kier molecular flexibility index (Phi) is 8.91. The van der Waals surface area contributed by atoms with Crippen LogP contribution < -0.4 is 5.73 Å². The van der Waals surface area contributed by atoms with Gasteiger partial charge >= 0.3 is 0 Å². The maximum absolute atomic E-state index is 11.6. The van der Waals surface area contributed by atoms with Crippen molar-refractivity contribution in [2.24, 2.45) is 5.73 Å². The number of nitrogens with two attached hydrogens (primary N) is 1. The van der Waals surface area contributed by atoms with Gasteiger partial charge in [-0.05, 0) is 37.8 Å². The zero-order chi connectivity index (χ0) is 17.1. The molecule has 0 fully saturated rings. The van der Waals surface area contributed by atoms with Crippen LogP contribution in [0, 0.1) is 0 Å². The molecule has 126 valence electrons. The molecule has 1 atom stereocenters. The molecule has 0 radical (unpaired) electrons. The number of carbonyl (C=O) groups excluding carboxylic acids is 2. The highest BCUT2D eigenvalue weighted by molar-refractivity contribution is 6.01. The molecule has 0 heterocycles. The standard InChI is InChI=1S/C18H25NO4/c1-3-22-11-9-14-7-5-6-8-15(14)16(10-12-23-4-2)17(13-20)18(19)21/h5-8,16H,3-4,9-12H2,1-2H3,(H2,19,21). The van der Waals surface area contributed by atoms with E-state index in [0.717, 1.165) is 11.1 Å². The Bertz CT molecular complexity index is 550. The van der Waals surface area contributed by atoms with Crippen molar-refractivity contribution in [3.05, 3.63) is 41.0 Å². The van der Waals surface area contributed by atoms with Gasteiger partial charge in [0.05, 0.1) is 6.61 Å². The number of hydrogen-bond donors (Lipinski definition) is 1. The Balaban J connectivity index is 3.09. The lowest BCUT2D eigenvalue weighted by atomic mass is 9.85. The van der Waals surface area contributed by atoms with Gasteiger partial charge in [-0.1, -0.05) is 24.3 Å². The van der Waals surface area contributed by atoms with Crippen molar-refractivity contribution in [3.63, 3.8) is 0 Å². The first-order valence-electron chi connectivity index (χ1n) is 7.93. The summed E-state index contributed by atoms with van der Waals surface area (Å²) < 4.78 is 10.8. The highest BCUT2D eigenvalue weighted by Crippen LogP contribution is 2.29. The van der Waals surface area contributed by atoms with Crippen LogP contribution in [0.5, 0.6) is 0 Å². The minimum absolute atomic E-state index is 0.0337. The lowest BCUT2D eigenvalue weighted by Crippen LogP contribution is -2.22. The minimum Gasteiger partial charge on any atom is -0.382 e. The van der Waals surface area contributed by atoms with Crippen LogP contribution in [-0.2, 0) is 25.5 Å². The molecule has 0 aliphatic rings. The Morgan fingerprint density at radius 2 is 1.83 bits per heavy atom. The van der Waals surface area contributed by atoms with Crippen molar-refractivity contribution >= 4 is 11.8 Å². The zero-order valence-corrected chi connectivity index (χ0v) is 13.8. The molecule has 1 aromatic rings. The van der Waals surface area contributed by atoms with Gasteiger partial charge in [-0.2, -0.15) is 0 Å². The van der Waals surface area contributed by atoms with Gasteiger partial charge in [0.15, 0.2) is 0 Å². The molecule has 2 N–H and O–H groups in total. The fourth-order valence-electron chi connectivity index (χ4n) is 2.52. The molecule has 1 rings (SSSR count). The number of rotatable bonds is 11. The van der Waals surface area contributed by atoms with E-state index in [1.165, 1.54) is 0 Å². The summed E-state index contributed by atoms with van der Waals surface area (Å²) in [7, 11) is 0. The Morgan fingerprint density at radius 1 is 1.17 bits per heavy atom. The van der Waals surface area contributed by atoms with E-state index in [9.17, 15) is 9.59 Å². The van der Waals surface area contributed by atoms with E-state index >= 15 is 0 Å². The third-order valence-corrected chi connectivity index (χ3v) is 3.63. The highest BCUT2D eigenvalue weighted by Gasteiger charge is 2.24. The van der Waals surface area contributed by atoms with Crippen molar-refractivity contribution in [1.29, 1.82) is 0 Å². The average Bonchev–Trinajstić information content (AvgIpc) is 2.55. The smallest absolute Gasteiger partial charge is 0.256 e. The molecule has 1 aromatic carbocycles. The summed E-state index contributed by atoms with van der Waals surface area (Å²) in [4.78, 5) is 22.8. The molecule has 1 unspecified atom stereocenters. The predicted molar refractivity (Wildman–Crippen MR) is 88.9 cm³/mol. The second-order valence-electron chi connectivity index (χ2n) is 5.06. The monoisotopic (exact) mass is 319 g/mol. The summed E-state index contributed by atoms with van der Waals surface area (Å²) in [5, 5.41) is 0. The van der Waals surface area contributed by atoms with Crippen molar-refractivity contribution < 1.29 is 19.1 Å². The summed E-state index contributed by atoms with van der Waals surface area (Å²) in [5.74, 6) is 0.584. The van der Waals surface area contributed by atoms with Crippen LogP contribution in [0.25, 0.3) is 0 Å². The molecular weight excluding hydrogens is 294 g/mol. The maximum Gasteiger partial charge on any atom is 0.256 e. The molecule has 0 aliphatic heterocycles. The van der Waals surface area contributed by atoms with E-state index in [-0.39, 0.29) is 5.57 Å². The summed E-state index contributed by atoms with van der Waals surface area (Å²) in [5.41, 5.74) is 7.27. The molecule has 0 bridgehead atoms. The van der Waals surface area contributed by atoms with Crippen LogP contribution in [0.4, 0.5) is 0 Å². The quantitative estimate of drug-likeness (QED) is 0.384. The normalized spacial score (nSPS) is 11.7. The fraction of sp³-hybridized carbons (Fsp3) is 0.500. The van der Waals surface area contributed by atoms with Crippen LogP contribution >= 0.6 is 0 Å². The minimum atomic E-state index is -0.735. The molecule has 0 saturated carbocycles. The molecule has 5 heteroatoms. The summed E-state index contributed by atoms with van der Waals surface area (Å²) in [6.45, 7) is 6.10. The van der Waals surface area contributed by atoms with E-state index < -0.39 is 11.8 Å². The number of primary amides is 1. The first-order valence-corrected chi connectivity index (χ1v) is 7.93. The van der Waals surface area contributed by atoms with Gasteiger partial charge in [-0.3, -0.25) is 4.79 Å². The summed E-state index contributed by atoms with van der Waals surface area (Å²) in [6.07, 6.45) is 1.22. The number of amides is 1. The molecular formula is C18H25NO4. The molecule has 5 nitrogen and oxygen atoms in total. The van der Waals surface area contributed by atoms with Crippen molar-refractivity contribution in [2.45, 2.75) is 32.6 Å². The maximum atomic E-state index is 11.6. The van der Waals surface area contributed by atoms with Crippen LogP contribution in [0.2, 0.25) is 0 Å². The predicted octanol–water partition coefficient (Wildman–Crippen LogP) is 2.02. The van der Waals surface area contributed by atoms with Gasteiger partial charge in [-0.15, -0.1) is 0 Å². The van der Waals surface area contributed by atoms with Gasteiger partial charge in [0.2, 0.25) is 0 Å². The fourth-order valence-corrected chi connectivity index (χ4v) is 2.52. The summed E-state index contributed by atoms with van der Waals surface area (Å²) >= 11 is 0. The van der Waals surface area contributed by atoms with Gasteiger partial charge < -0.3 is 15.2 Å². The third-order valence-electron chi connectivity index (χ3n) is 3.63.